The predicted octanol–water partition coefficient (Wildman–Crippen LogP) is 2.00. The average molecular weight is 348 g/mol. The summed E-state index contributed by atoms with van der Waals surface area (Å²) >= 11 is 0. The van der Waals surface area contributed by atoms with Gasteiger partial charge in [-0.25, -0.2) is 0 Å². The lowest BCUT2D eigenvalue weighted by molar-refractivity contribution is -0.146. The Morgan fingerprint density at radius 3 is 2.64 bits per heavy atom. The minimum atomic E-state index is -0.738. The van der Waals surface area contributed by atoms with Crippen LogP contribution in [0.1, 0.15) is 52.9 Å². The predicted molar refractivity (Wildman–Crippen MR) is 95.1 cm³/mol. The van der Waals surface area contributed by atoms with E-state index >= 15 is 0 Å². The Morgan fingerprint density at radius 1 is 1.44 bits per heavy atom. The van der Waals surface area contributed by atoms with Crippen LogP contribution in [0.3, 0.4) is 0 Å². The molecule has 0 aromatic heterocycles. The number of methoxy groups -OCH3 is 1. The fourth-order valence-electron chi connectivity index (χ4n) is 2.86. The van der Waals surface area contributed by atoms with Crippen LogP contribution in [-0.4, -0.2) is 41.8 Å². The molecule has 0 aliphatic carbocycles. The summed E-state index contributed by atoms with van der Waals surface area (Å²) < 4.78 is 5.29. The quantitative estimate of drug-likeness (QED) is 0.647. The van der Waals surface area contributed by atoms with Gasteiger partial charge in [-0.2, -0.15) is 0 Å². The fraction of sp³-hybridized carbons (Fsp3) is 0.632. The van der Waals surface area contributed by atoms with Crippen LogP contribution in [0, 0.1) is 18.3 Å². The van der Waals surface area contributed by atoms with Gasteiger partial charge in [-0.3, -0.25) is 19.3 Å². The van der Waals surface area contributed by atoms with E-state index in [9.17, 15) is 14.4 Å². The Balaban J connectivity index is 2.95. The molecule has 6 heteroatoms. The highest BCUT2D eigenvalue weighted by molar-refractivity contribution is 6.06. The van der Waals surface area contributed by atoms with E-state index in [0.717, 1.165) is 0 Å². The van der Waals surface area contributed by atoms with Crippen LogP contribution in [-0.2, 0) is 19.1 Å². The van der Waals surface area contributed by atoms with Crippen molar-refractivity contribution in [3.8, 4) is 12.3 Å². The van der Waals surface area contributed by atoms with Crippen molar-refractivity contribution in [2.75, 3.05) is 7.11 Å². The molecule has 25 heavy (non-hydrogen) atoms. The van der Waals surface area contributed by atoms with Crippen LogP contribution in [0.15, 0.2) is 11.8 Å². The normalized spacial score (nSPS) is 17.9. The van der Waals surface area contributed by atoms with Gasteiger partial charge in [-0.15, -0.1) is 12.3 Å². The van der Waals surface area contributed by atoms with E-state index in [1.807, 2.05) is 20.8 Å². The second-order valence-electron chi connectivity index (χ2n) is 6.56. The molecule has 1 aliphatic rings. The van der Waals surface area contributed by atoms with Gasteiger partial charge in [0.2, 0.25) is 5.91 Å². The van der Waals surface area contributed by atoms with Gasteiger partial charge in [0.1, 0.15) is 11.8 Å². The van der Waals surface area contributed by atoms with Gasteiger partial charge in [0.25, 0.3) is 11.8 Å². The number of carbonyl (C=O) groups is 3. The molecule has 0 radical (unpaired) electrons. The smallest absolute Gasteiger partial charge is 0.257 e. The largest absolute Gasteiger partial charge is 0.499 e. The minimum absolute atomic E-state index is 0.162. The lowest BCUT2D eigenvalue weighted by Crippen LogP contribution is -2.52. The number of hydrogen-bond acceptors (Lipinski definition) is 4. The molecule has 0 aromatic carbocycles. The summed E-state index contributed by atoms with van der Waals surface area (Å²) in [6.07, 6.45) is 8.77. The Kier molecular flexibility index (Phi) is 8.20. The monoisotopic (exact) mass is 348 g/mol. The minimum Gasteiger partial charge on any atom is -0.499 e. The molecule has 1 N–H and O–H groups in total. The van der Waals surface area contributed by atoms with Gasteiger partial charge in [0.15, 0.2) is 0 Å². The van der Waals surface area contributed by atoms with Gasteiger partial charge in [-0.1, -0.05) is 27.2 Å². The van der Waals surface area contributed by atoms with Crippen LogP contribution >= 0.6 is 0 Å². The van der Waals surface area contributed by atoms with E-state index in [1.165, 1.54) is 18.1 Å². The molecule has 3 amide bonds. The number of ether oxygens (including phenoxy) is 1. The topological polar surface area (TPSA) is 75.7 Å². The molecule has 2 atom stereocenters. The Labute approximate surface area is 150 Å². The fourth-order valence-corrected chi connectivity index (χ4v) is 2.86. The summed E-state index contributed by atoms with van der Waals surface area (Å²) in [4.78, 5) is 38.5. The lowest BCUT2D eigenvalue weighted by Gasteiger charge is -2.29. The van der Waals surface area contributed by atoms with Gasteiger partial charge in [0, 0.05) is 18.9 Å². The molecule has 0 bridgehead atoms. The molecule has 138 valence electrons. The molecule has 1 rings (SSSR count). The maximum absolute atomic E-state index is 13.0. The zero-order valence-electron chi connectivity index (χ0n) is 15.5. The summed E-state index contributed by atoms with van der Waals surface area (Å²) in [5.41, 5.74) is 0. The molecule has 0 spiro atoms. The van der Waals surface area contributed by atoms with Crippen LogP contribution in [0.2, 0.25) is 0 Å². The van der Waals surface area contributed by atoms with E-state index in [0.29, 0.717) is 31.4 Å². The first-order chi connectivity index (χ1) is 11.8. The summed E-state index contributed by atoms with van der Waals surface area (Å²) in [6, 6.07) is -1.16. The zero-order valence-corrected chi connectivity index (χ0v) is 15.5. The molecular weight excluding hydrogens is 320 g/mol. The second-order valence-corrected chi connectivity index (χ2v) is 6.56. The van der Waals surface area contributed by atoms with Crippen LogP contribution in [0.25, 0.3) is 0 Å². The first-order valence-corrected chi connectivity index (χ1v) is 8.71. The SMILES string of the molecule is C#CCCC(=O)N[C@@H](CCC)C(=O)N1C(=O)C=C(OC)[C@H]1CC(C)C. The Bertz CT molecular complexity index is 574. The highest BCUT2D eigenvalue weighted by atomic mass is 16.5. The van der Waals surface area contributed by atoms with Crippen molar-refractivity contribution in [1.82, 2.24) is 10.2 Å². The standard InChI is InChI=1S/C19H28N2O4/c1-6-8-10-17(22)20-14(9-7-2)19(24)21-15(11-13(3)4)16(25-5)12-18(21)23/h1,12-15H,7-11H2,2-5H3,(H,20,22)/t14-,15+/m0/s1. The first-order valence-electron chi connectivity index (χ1n) is 8.71. The van der Waals surface area contributed by atoms with Gasteiger partial charge in [0.05, 0.1) is 13.2 Å². The summed E-state index contributed by atoms with van der Waals surface area (Å²) in [5, 5.41) is 2.71. The first kappa shape index (κ1) is 20.8. The molecule has 1 aliphatic heterocycles. The van der Waals surface area contributed by atoms with Crippen molar-refractivity contribution in [1.29, 1.82) is 0 Å². The number of nitrogens with one attached hydrogen (secondary N) is 1. The maximum atomic E-state index is 13.0. The summed E-state index contributed by atoms with van der Waals surface area (Å²) in [6.45, 7) is 5.96. The second kappa shape index (κ2) is 9.87. The number of carbonyl (C=O) groups excluding carboxylic acids is 3. The molecule has 6 nitrogen and oxygen atoms in total. The highest BCUT2D eigenvalue weighted by Crippen LogP contribution is 2.27. The molecule has 0 saturated carbocycles. The van der Waals surface area contributed by atoms with Gasteiger partial charge < -0.3 is 10.1 Å². The van der Waals surface area contributed by atoms with Crippen molar-refractivity contribution in [2.45, 2.75) is 65.0 Å². The third-order valence-corrected chi connectivity index (χ3v) is 4.02. The number of hydrogen-bond donors (Lipinski definition) is 1. The number of rotatable bonds is 9. The number of amides is 3. The summed E-state index contributed by atoms with van der Waals surface area (Å²) in [7, 11) is 1.49. The van der Waals surface area contributed by atoms with E-state index in [-0.39, 0.29) is 18.2 Å². The molecular formula is C19H28N2O4. The molecule has 0 fully saturated rings. The number of terminal acetylenes is 1. The summed E-state index contributed by atoms with van der Waals surface area (Å²) in [5.74, 6) is 2.10. The van der Waals surface area contributed by atoms with Crippen LogP contribution < -0.4 is 5.32 Å². The Hall–Kier alpha value is -2.29. The van der Waals surface area contributed by atoms with Crippen LogP contribution in [0.4, 0.5) is 0 Å². The number of imide groups is 1. The molecule has 0 unspecified atom stereocenters. The molecule has 0 saturated heterocycles. The third kappa shape index (κ3) is 5.63. The van der Waals surface area contributed by atoms with Crippen molar-refractivity contribution < 1.29 is 19.1 Å². The van der Waals surface area contributed by atoms with Crippen LogP contribution in [0.5, 0.6) is 0 Å². The van der Waals surface area contributed by atoms with E-state index in [2.05, 4.69) is 11.2 Å². The van der Waals surface area contributed by atoms with Gasteiger partial charge >= 0.3 is 0 Å². The third-order valence-electron chi connectivity index (χ3n) is 4.02. The van der Waals surface area contributed by atoms with E-state index in [4.69, 9.17) is 11.2 Å². The lowest BCUT2D eigenvalue weighted by atomic mass is 10.0. The average Bonchev–Trinajstić information content (AvgIpc) is 2.86. The van der Waals surface area contributed by atoms with E-state index < -0.39 is 23.9 Å². The molecule has 1 heterocycles. The van der Waals surface area contributed by atoms with E-state index in [1.54, 1.807) is 0 Å². The highest BCUT2D eigenvalue weighted by Gasteiger charge is 2.41. The zero-order chi connectivity index (χ0) is 19.0. The molecule has 0 aromatic rings. The van der Waals surface area contributed by atoms with Crippen molar-refractivity contribution in [2.24, 2.45) is 5.92 Å². The maximum Gasteiger partial charge on any atom is 0.257 e. The van der Waals surface area contributed by atoms with Crippen molar-refractivity contribution in [3.63, 3.8) is 0 Å². The van der Waals surface area contributed by atoms with Gasteiger partial charge in [-0.05, 0) is 18.8 Å². The van der Waals surface area contributed by atoms with Crippen molar-refractivity contribution >= 4 is 17.7 Å². The van der Waals surface area contributed by atoms with Crippen molar-refractivity contribution in [3.05, 3.63) is 11.8 Å². The Morgan fingerprint density at radius 2 is 2.12 bits per heavy atom. The number of nitrogens with zero attached hydrogens (tertiary/aromatic N) is 1.